The van der Waals surface area contributed by atoms with Crippen LogP contribution in [0.1, 0.15) is 30.4 Å². The van der Waals surface area contributed by atoms with Gasteiger partial charge in [-0.3, -0.25) is 0 Å². The van der Waals surface area contributed by atoms with E-state index in [4.69, 9.17) is 5.21 Å². The van der Waals surface area contributed by atoms with E-state index in [2.05, 4.69) is 18.1 Å². The minimum Gasteiger partial charge on any atom is -0.411 e. The fourth-order valence-electron chi connectivity index (χ4n) is 1.79. The van der Waals surface area contributed by atoms with Crippen LogP contribution in [-0.2, 0) is 0 Å². The van der Waals surface area contributed by atoms with Crippen LogP contribution in [0.25, 0.3) is 0 Å². The highest BCUT2D eigenvalue weighted by molar-refractivity contribution is 6.04. The fraction of sp³-hybridized carbons (Fsp3) is 0.300. The molecule has 1 aliphatic rings. The quantitative estimate of drug-likeness (QED) is 0.460. The largest absolute Gasteiger partial charge is 0.411 e. The van der Waals surface area contributed by atoms with Crippen LogP contribution < -0.4 is 0 Å². The molecular formula is C10H11NO. The molecule has 1 atom stereocenters. The van der Waals surface area contributed by atoms with Gasteiger partial charge < -0.3 is 5.21 Å². The van der Waals surface area contributed by atoms with Crippen molar-refractivity contribution in [1.82, 2.24) is 0 Å². The van der Waals surface area contributed by atoms with Crippen molar-refractivity contribution in [3.05, 3.63) is 35.4 Å². The molecule has 2 heteroatoms. The second-order valence-corrected chi connectivity index (χ2v) is 3.24. The van der Waals surface area contributed by atoms with Gasteiger partial charge >= 0.3 is 0 Å². The molecule has 1 N–H and O–H groups in total. The summed E-state index contributed by atoms with van der Waals surface area (Å²) in [6.45, 7) is 2.15. The maximum atomic E-state index is 8.72. The van der Waals surface area contributed by atoms with Gasteiger partial charge in [0.15, 0.2) is 0 Å². The first-order valence-corrected chi connectivity index (χ1v) is 4.13. The van der Waals surface area contributed by atoms with Crippen molar-refractivity contribution in [3.8, 4) is 0 Å². The van der Waals surface area contributed by atoms with E-state index in [-0.39, 0.29) is 0 Å². The van der Waals surface area contributed by atoms with Gasteiger partial charge in [-0.1, -0.05) is 36.3 Å². The molecule has 0 bridgehead atoms. The van der Waals surface area contributed by atoms with Gasteiger partial charge in [-0.05, 0) is 11.5 Å². The second-order valence-electron chi connectivity index (χ2n) is 3.24. The van der Waals surface area contributed by atoms with Crippen LogP contribution in [0.15, 0.2) is 29.4 Å². The average molecular weight is 161 g/mol. The summed E-state index contributed by atoms with van der Waals surface area (Å²) in [4.78, 5) is 0. The molecule has 12 heavy (non-hydrogen) atoms. The van der Waals surface area contributed by atoms with E-state index in [1.807, 2.05) is 18.2 Å². The average Bonchev–Trinajstić information content (AvgIpc) is 2.44. The topological polar surface area (TPSA) is 32.6 Å². The summed E-state index contributed by atoms with van der Waals surface area (Å²) >= 11 is 0. The number of benzene rings is 1. The van der Waals surface area contributed by atoms with Crippen LogP contribution in [0.4, 0.5) is 0 Å². The van der Waals surface area contributed by atoms with Crippen molar-refractivity contribution < 1.29 is 5.21 Å². The highest BCUT2D eigenvalue weighted by atomic mass is 16.4. The van der Waals surface area contributed by atoms with E-state index < -0.39 is 0 Å². The highest BCUT2D eigenvalue weighted by Crippen LogP contribution is 2.32. The van der Waals surface area contributed by atoms with E-state index in [0.717, 1.165) is 17.7 Å². The van der Waals surface area contributed by atoms with Crippen LogP contribution >= 0.6 is 0 Å². The van der Waals surface area contributed by atoms with Crippen LogP contribution in [0, 0.1) is 0 Å². The Labute approximate surface area is 71.5 Å². The van der Waals surface area contributed by atoms with E-state index in [1.165, 1.54) is 5.56 Å². The van der Waals surface area contributed by atoms with Gasteiger partial charge in [0.2, 0.25) is 0 Å². The Balaban J connectivity index is 2.57. The molecule has 0 radical (unpaired) electrons. The van der Waals surface area contributed by atoms with Crippen molar-refractivity contribution >= 4 is 5.71 Å². The number of hydrogen-bond acceptors (Lipinski definition) is 2. The van der Waals surface area contributed by atoms with Crippen LogP contribution in [-0.4, -0.2) is 10.9 Å². The van der Waals surface area contributed by atoms with Crippen molar-refractivity contribution in [1.29, 1.82) is 0 Å². The SMILES string of the molecule is CC1C/C(=N\O)c2ccccc21. The summed E-state index contributed by atoms with van der Waals surface area (Å²) in [7, 11) is 0. The van der Waals surface area contributed by atoms with E-state index in [0.29, 0.717) is 5.92 Å². The first-order chi connectivity index (χ1) is 5.83. The van der Waals surface area contributed by atoms with Crippen molar-refractivity contribution in [2.45, 2.75) is 19.3 Å². The maximum Gasteiger partial charge on any atom is 0.0876 e. The Morgan fingerprint density at radius 1 is 1.42 bits per heavy atom. The van der Waals surface area contributed by atoms with E-state index in [1.54, 1.807) is 0 Å². The van der Waals surface area contributed by atoms with Gasteiger partial charge in [-0.25, -0.2) is 0 Å². The Morgan fingerprint density at radius 3 is 2.92 bits per heavy atom. The first kappa shape index (κ1) is 7.35. The maximum absolute atomic E-state index is 8.72. The molecule has 0 amide bonds. The smallest absolute Gasteiger partial charge is 0.0876 e. The van der Waals surface area contributed by atoms with Gasteiger partial charge in [0, 0.05) is 12.0 Å². The summed E-state index contributed by atoms with van der Waals surface area (Å²) in [5.74, 6) is 0.493. The summed E-state index contributed by atoms with van der Waals surface area (Å²) in [5, 5.41) is 12.0. The molecule has 0 saturated heterocycles. The normalized spacial score (nSPS) is 24.4. The number of nitrogens with zero attached hydrogens (tertiary/aromatic N) is 1. The summed E-state index contributed by atoms with van der Waals surface area (Å²) in [5.41, 5.74) is 3.22. The zero-order valence-corrected chi connectivity index (χ0v) is 6.99. The van der Waals surface area contributed by atoms with Gasteiger partial charge in [-0.15, -0.1) is 0 Å². The molecule has 0 aromatic heterocycles. The van der Waals surface area contributed by atoms with Crippen LogP contribution in [0.5, 0.6) is 0 Å². The van der Waals surface area contributed by atoms with Crippen molar-refractivity contribution in [2.24, 2.45) is 5.16 Å². The molecular weight excluding hydrogens is 150 g/mol. The third kappa shape index (κ3) is 0.916. The van der Waals surface area contributed by atoms with Crippen LogP contribution in [0.2, 0.25) is 0 Å². The molecule has 0 spiro atoms. The molecule has 1 aromatic rings. The molecule has 2 nitrogen and oxygen atoms in total. The van der Waals surface area contributed by atoms with E-state index in [9.17, 15) is 0 Å². The Kier molecular flexibility index (Phi) is 1.61. The number of oxime groups is 1. The van der Waals surface area contributed by atoms with Gasteiger partial charge in [0.05, 0.1) is 5.71 Å². The van der Waals surface area contributed by atoms with Gasteiger partial charge in [0.1, 0.15) is 0 Å². The van der Waals surface area contributed by atoms with Gasteiger partial charge in [-0.2, -0.15) is 0 Å². The van der Waals surface area contributed by atoms with Gasteiger partial charge in [0.25, 0.3) is 0 Å². The Morgan fingerprint density at radius 2 is 2.17 bits per heavy atom. The molecule has 0 saturated carbocycles. The minimum atomic E-state index is 0.493. The lowest BCUT2D eigenvalue weighted by Crippen LogP contribution is -1.92. The Hall–Kier alpha value is -1.31. The van der Waals surface area contributed by atoms with E-state index >= 15 is 0 Å². The lowest BCUT2D eigenvalue weighted by atomic mass is 10.0. The third-order valence-corrected chi connectivity index (χ3v) is 2.42. The molecule has 0 aliphatic heterocycles. The zero-order valence-electron chi connectivity index (χ0n) is 6.99. The molecule has 1 aliphatic carbocycles. The predicted octanol–water partition coefficient (Wildman–Crippen LogP) is 2.37. The van der Waals surface area contributed by atoms with Crippen LogP contribution in [0.3, 0.4) is 0 Å². The lowest BCUT2D eigenvalue weighted by Gasteiger charge is -2.00. The first-order valence-electron chi connectivity index (χ1n) is 4.13. The lowest BCUT2D eigenvalue weighted by molar-refractivity contribution is 0.318. The second kappa shape index (κ2) is 2.63. The third-order valence-electron chi connectivity index (χ3n) is 2.42. The number of hydrogen-bond donors (Lipinski definition) is 1. The highest BCUT2D eigenvalue weighted by Gasteiger charge is 2.23. The van der Waals surface area contributed by atoms with Crippen molar-refractivity contribution in [3.63, 3.8) is 0 Å². The standard InChI is InChI=1S/C10H11NO/c1-7-6-10(11-12)9-5-3-2-4-8(7)9/h2-5,7,12H,6H2,1H3/b11-10+. The molecule has 1 aromatic carbocycles. The van der Waals surface area contributed by atoms with Crippen molar-refractivity contribution in [2.75, 3.05) is 0 Å². The number of fused-ring (bicyclic) bond motifs is 1. The predicted molar refractivity (Wildman–Crippen MR) is 47.8 cm³/mol. The minimum absolute atomic E-state index is 0.493. The zero-order chi connectivity index (χ0) is 8.55. The summed E-state index contributed by atoms with van der Waals surface area (Å²) in [6, 6.07) is 8.10. The molecule has 0 fully saturated rings. The molecule has 62 valence electrons. The fourth-order valence-corrected chi connectivity index (χ4v) is 1.79. The summed E-state index contributed by atoms with van der Waals surface area (Å²) < 4.78 is 0. The molecule has 0 heterocycles. The monoisotopic (exact) mass is 161 g/mol. The molecule has 1 unspecified atom stereocenters. The Bertz CT molecular complexity index is 330. The summed E-state index contributed by atoms with van der Waals surface area (Å²) in [6.07, 6.45) is 0.857. The molecule has 2 rings (SSSR count). The number of rotatable bonds is 0.